The maximum Gasteiger partial charge on any atom is 0.145 e. The number of nitrogens with two attached hydrogens (primary N) is 1. The first-order chi connectivity index (χ1) is 19.2. The van der Waals surface area contributed by atoms with Crippen LogP contribution >= 0.6 is 11.3 Å². The number of likely N-dealkylation sites (tertiary alicyclic amines) is 1. The lowest BCUT2D eigenvalue weighted by atomic mass is 10.0. The molecule has 2 fully saturated rings. The van der Waals surface area contributed by atoms with Crippen molar-refractivity contribution in [2.45, 2.75) is 37.8 Å². The fourth-order valence-corrected chi connectivity index (χ4v) is 6.29. The molecule has 6 rings (SSSR count). The number of fused-ring (bicyclic) bond motifs is 2. The van der Waals surface area contributed by atoms with Gasteiger partial charge in [-0.2, -0.15) is 0 Å². The molecule has 0 saturated carbocycles. The third kappa shape index (κ3) is 5.65. The van der Waals surface area contributed by atoms with E-state index in [1.807, 2.05) is 48.3 Å². The smallest absolute Gasteiger partial charge is 0.145 e. The van der Waals surface area contributed by atoms with Crippen LogP contribution in [-0.4, -0.2) is 71.6 Å². The number of allylic oxidation sites excluding steroid dienone is 1. The number of quaternary nitrogens is 1. The minimum Gasteiger partial charge on any atom is -0.489 e. The topological polar surface area (TPSA) is 113 Å². The Balaban J connectivity index is 1.32. The van der Waals surface area contributed by atoms with Gasteiger partial charge in [-0.05, 0) is 61.6 Å². The van der Waals surface area contributed by atoms with Crippen LogP contribution in [0.2, 0.25) is 0 Å². The highest BCUT2D eigenvalue weighted by Gasteiger charge is 2.28. The van der Waals surface area contributed by atoms with Crippen LogP contribution in [0.1, 0.15) is 31.2 Å². The molecule has 2 aliphatic heterocycles. The second-order valence-corrected chi connectivity index (χ2v) is 10.9. The first-order valence-electron chi connectivity index (χ1n) is 13.6. The monoisotopic (exact) mass is 544 g/mol. The summed E-state index contributed by atoms with van der Waals surface area (Å²) in [5, 5.41) is 14.3. The fourth-order valence-electron chi connectivity index (χ4n) is 5.57. The van der Waals surface area contributed by atoms with E-state index in [1.165, 1.54) is 6.21 Å². The molecule has 2 aliphatic rings. The second-order valence-electron chi connectivity index (χ2n) is 10.0. The Morgan fingerprint density at radius 3 is 2.74 bits per heavy atom. The zero-order valence-corrected chi connectivity index (χ0v) is 22.9. The Morgan fingerprint density at radius 1 is 1.10 bits per heavy atom. The van der Waals surface area contributed by atoms with Gasteiger partial charge in [0.1, 0.15) is 30.2 Å². The number of nitrogens with zero attached hydrogens (tertiary/aromatic N) is 4. The molecule has 0 aliphatic carbocycles. The van der Waals surface area contributed by atoms with E-state index < -0.39 is 0 Å². The maximum atomic E-state index is 7.98. The van der Waals surface area contributed by atoms with Gasteiger partial charge in [-0.1, -0.05) is 0 Å². The number of rotatable bonds is 8. The van der Waals surface area contributed by atoms with Gasteiger partial charge in [0.2, 0.25) is 0 Å². The van der Waals surface area contributed by atoms with Crippen molar-refractivity contribution in [2.24, 2.45) is 0 Å². The fraction of sp³-hybridized carbons (Fsp3) is 0.379. The number of anilines is 2. The van der Waals surface area contributed by atoms with E-state index in [0.29, 0.717) is 11.9 Å². The first-order valence-corrected chi connectivity index (χ1v) is 14.5. The van der Waals surface area contributed by atoms with Gasteiger partial charge in [-0.15, -0.1) is 11.3 Å². The Bertz CT molecular complexity index is 1490. The molecule has 4 heterocycles. The van der Waals surface area contributed by atoms with Crippen LogP contribution in [0, 0.1) is 5.41 Å². The lowest BCUT2D eigenvalue weighted by molar-refractivity contribution is -0.555. The Labute approximate surface area is 231 Å². The molecule has 2 aromatic heterocycles. The molecule has 0 bridgehead atoms. The molecule has 9 nitrogen and oxygen atoms in total. The van der Waals surface area contributed by atoms with Crippen LogP contribution in [0.15, 0.2) is 48.4 Å². The summed E-state index contributed by atoms with van der Waals surface area (Å²) < 4.78 is 13.4. The number of aromatic nitrogens is 3. The van der Waals surface area contributed by atoms with Crippen molar-refractivity contribution >= 4 is 55.7 Å². The summed E-state index contributed by atoms with van der Waals surface area (Å²) in [6.45, 7) is 3.78. The summed E-state index contributed by atoms with van der Waals surface area (Å²) in [6, 6.07) is 10.8. The van der Waals surface area contributed by atoms with Gasteiger partial charge in [-0.25, -0.2) is 15.0 Å². The minimum absolute atomic E-state index is 0.103. The molecule has 202 valence electrons. The molecule has 4 aromatic rings. The van der Waals surface area contributed by atoms with E-state index in [1.54, 1.807) is 17.7 Å². The van der Waals surface area contributed by atoms with Crippen LogP contribution < -0.4 is 15.4 Å². The van der Waals surface area contributed by atoms with Gasteiger partial charge in [0, 0.05) is 44.2 Å². The first kappa shape index (κ1) is 25.8. The van der Waals surface area contributed by atoms with E-state index >= 15 is 0 Å². The molecule has 10 heteroatoms. The number of ether oxygens (including phenoxy) is 2. The number of thiazole rings is 1. The molecule has 0 radical (unpaired) electrons. The van der Waals surface area contributed by atoms with Crippen molar-refractivity contribution in [3.63, 3.8) is 0 Å². The highest BCUT2D eigenvalue weighted by Crippen LogP contribution is 2.36. The van der Waals surface area contributed by atoms with Gasteiger partial charge >= 0.3 is 0 Å². The zero-order valence-electron chi connectivity index (χ0n) is 22.1. The summed E-state index contributed by atoms with van der Waals surface area (Å²) in [4.78, 5) is 16.2. The molecule has 0 spiro atoms. The van der Waals surface area contributed by atoms with E-state index in [2.05, 4.69) is 31.2 Å². The van der Waals surface area contributed by atoms with E-state index in [-0.39, 0.29) is 6.10 Å². The number of hydrogen-bond acceptors (Lipinski definition) is 9. The lowest BCUT2D eigenvalue weighted by Crippen LogP contribution is -2.72. The normalized spacial score (nSPS) is 18.0. The van der Waals surface area contributed by atoms with Crippen molar-refractivity contribution in [3.8, 4) is 5.75 Å². The van der Waals surface area contributed by atoms with Gasteiger partial charge in [-0.3, -0.25) is 4.90 Å². The second kappa shape index (κ2) is 11.7. The molecule has 0 unspecified atom stereocenters. The van der Waals surface area contributed by atoms with Gasteiger partial charge in [0.25, 0.3) is 0 Å². The standard InChI is InChI=1S/C29H33N7O2S/c1-31-16-20(15-30)19-12-25-28(29(33-17-32-25)35-21-2-3-24-27(14-21)39-18-34-24)26(13-19)38-23-4-8-36(9-5-23)22-6-10-37-11-7-22/h2-3,12-18,22-23,30-31H,4-11H2,1H3,(H,32,33,35)/p+1/b20-16+,30-15?. The van der Waals surface area contributed by atoms with Gasteiger partial charge in [0.05, 0.1) is 39.3 Å². The molecule has 4 N–H and O–H groups in total. The van der Waals surface area contributed by atoms with Crippen molar-refractivity contribution < 1.29 is 14.8 Å². The molecule has 0 amide bonds. The Kier molecular flexibility index (Phi) is 7.78. The molecule has 0 atom stereocenters. The molecule has 39 heavy (non-hydrogen) atoms. The van der Waals surface area contributed by atoms with Crippen LogP contribution in [0.5, 0.6) is 5.75 Å². The summed E-state index contributed by atoms with van der Waals surface area (Å²) in [7, 11) is 1.96. The summed E-state index contributed by atoms with van der Waals surface area (Å²) in [5.41, 5.74) is 6.27. The molecular weight excluding hydrogens is 510 g/mol. The van der Waals surface area contributed by atoms with Crippen molar-refractivity contribution in [3.05, 3.63) is 53.9 Å². The van der Waals surface area contributed by atoms with Crippen molar-refractivity contribution in [1.82, 2.24) is 19.9 Å². The van der Waals surface area contributed by atoms with Crippen LogP contribution in [0.3, 0.4) is 0 Å². The van der Waals surface area contributed by atoms with E-state index in [4.69, 9.17) is 14.9 Å². The zero-order chi connectivity index (χ0) is 26.6. The quantitative estimate of drug-likeness (QED) is 0.285. The Morgan fingerprint density at radius 2 is 1.95 bits per heavy atom. The molecular formula is C29H34N7O2S+. The van der Waals surface area contributed by atoms with Crippen LogP contribution in [-0.2, 0) is 4.74 Å². The van der Waals surface area contributed by atoms with Gasteiger partial charge in [0.15, 0.2) is 0 Å². The summed E-state index contributed by atoms with van der Waals surface area (Å²) in [5.74, 6) is 1.45. The Hall–Kier alpha value is -3.44. The van der Waals surface area contributed by atoms with Crippen molar-refractivity contribution in [2.75, 3.05) is 38.7 Å². The molecule has 2 aromatic carbocycles. The largest absolute Gasteiger partial charge is 0.489 e. The predicted molar refractivity (Wildman–Crippen MR) is 156 cm³/mol. The minimum atomic E-state index is 0.103. The highest BCUT2D eigenvalue weighted by molar-refractivity contribution is 7.16. The average Bonchev–Trinajstić information content (AvgIpc) is 3.45. The third-order valence-electron chi connectivity index (χ3n) is 7.61. The predicted octanol–water partition coefficient (Wildman–Crippen LogP) is 4.19. The third-order valence-corrected chi connectivity index (χ3v) is 8.40. The SMILES string of the molecule is C[NH2+]/C=C(\C=N)c1cc(OC2CCN(C3CCOCC3)CC2)c2c(Nc3ccc4ncsc4c3)ncnc2c1. The number of piperidine rings is 1. The highest BCUT2D eigenvalue weighted by atomic mass is 32.1. The van der Waals surface area contributed by atoms with E-state index in [0.717, 1.165) is 95.7 Å². The maximum absolute atomic E-state index is 7.98. The van der Waals surface area contributed by atoms with Crippen LogP contribution in [0.4, 0.5) is 11.5 Å². The van der Waals surface area contributed by atoms with Crippen molar-refractivity contribution in [1.29, 1.82) is 5.41 Å². The summed E-state index contributed by atoms with van der Waals surface area (Å²) in [6.07, 6.45) is 9.17. The molecule has 2 saturated heterocycles. The number of hydrogen-bond donors (Lipinski definition) is 3. The number of nitrogens with one attached hydrogen (secondary N) is 2. The van der Waals surface area contributed by atoms with E-state index in [9.17, 15) is 0 Å². The van der Waals surface area contributed by atoms with Gasteiger partial charge < -0.3 is 25.5 Å². The summed E-state index contributed by atoms with van der Waals surface area (Å²) >= 11 is 1.61. The lowest BCUT2D eigenvalue weighted by Gasteiger charge is -2.39. The number of benzene rings is 2. The van der Waals surface area contributed by atoms with Crippen LogP contribution in [0.25, 0.3) is 26.7 Å². The average molecular weight is 545 g/mol.